The van der Waals surface area contributed by atoms with Crippen molar-refractivity contribution in [2.45, 2.75) is 76.8 Å². The zero-order chi connectivity index (χ0) is 16.9. The SMILES string of the molecule is CC(C)c1ccc(CCCNC(=O)CC2CC3CCC(C2)N3)cc1. The zero-order valence-electron chi connectivity index (χ0n) is 15.2. The van der Waals surface area contributed by atoms with E-state index in [1.807, 2.05) is 0 Å². The number of aryl methyl sites for hydroxylation is 1. The summed E-state index contributed by atoms with van der Waals surface area (Å²) in [5.41, 5.74) is 2.76. The van der Waals surface area contributed by atoms with Crippen LogP contribution in [0.1, 0.15) is 69.4 Å². The number of carbonyl (C=O) groups excluding carboxylic acids is 1. The number of amides is 1. The molecule has 2 heterocycles. The van der Waals surface area contributed by atoms with Gasteiger partial charge in [-0.3, -0.25) is 4.79 Å². The summed E-state index contributed by atoms with van der Waals surface area (Å²) in [7, 11) is 0. The second-order valence-corrected chi connectivity index (χ2v) is 8.03. The molecule has 0 radical (unpaired) electrons. The Labute approximate surface area is 146 Å². The summed E-state index contributed by atoms with van der Waals surface area (Å²) in [6.07, 6.45) is 7.76. The van der Waals surface area contributed by atoms with Crippen LogP contribution >= 0.6 is 0 Å². The maximum Gasteiger partial charge on any atom is 0.220 e. The van der Waals surface area contributed by atoms with E-state index in [1.165, 1.54) is 36.8 Å². The van der Waals surface area contributed by atoms with Gasteiger partial charge in [-0.05, 0) is 61.5 Å². The maximum absolute atomic E-state index is 12.1. The number of fused-ring (bicyclic) bond motifs is 2. The van der Waals surface area contributed by atoms with Crippen molar-refractivity contribution in [3.05, 3.63) is 35.4 Å². The topological polar surface area (TPSA) is 41.1 Å². The van der Waals surface area contributed by atoms with Crippen LogP contribution in [0.15, 0.2) is 24.3 Å². The van der Waals surface area contributed by atoms with Crippen LogP contribution in [0.4, 0.5) is 0 Å². The van der Waals surface area contributed by atoms with Crippen LogP contribution in [0.2, 0.25) is 0 Å². The number of hydrogen-bond donors (Lipinski definition) is 2. The zero-order valence-corrected chi connectivity index (χ0v) is 15.2. The van der Waals surface area contributed by atoms with E-state index >= 15 is 0 Å². The minimum atomic E-state index is 0.247. The Hall–Kier alpha value is -1.35. The van der Waals surface area contributed by atoms with Crippen molar-refractivity contribution in [2.24, 2.45) is 5.92 Å². The van der Waals surface area contributed by atoms with Crippen LogP contribution in [-0.2, 0) is 11.2 Å². The fourth-order valence-electron chi connectivity index (χ4n) is 4.27. The molecule has 2 aliphatic rings. The lowest BCUT2D eigenvalue weighted by atomic mass is 9.89. The highest BCUT2D eigenvalue weighted by Gasteiger charge is 2.33. The predicted octanol–water partition coefficient (Wildman–Crippen LogP) is 3.78. The Morgan fingerprint density at radius 1 is 1.17 bits per heavy atom. The van der Waals surface area contributed by atoms with Gasteiger partial charge in [0, 0.05) is 25.0 Å². The quantitative estimate of drug-likeness (QED) is 0.748. The van der Waals surface area contributed by atoms with Gasteiger partial charge in [-0.25, -0.2) is 0 Å². The number of hydrogen-bond acceptors (Lipinski definition) is 2. The lowest BCUT2D eigenvalue weighted by Crippen LogP contribution is -2.39. The Bertz CT molecular complexity index is 525. The lowest BCUT2D eigenvalue weighted by molar-refractivity contribution is -0.122. The van der Waals surface area contributed by atoms with E-state index in [4.69, 9.17) is 0 Å². The standard InChI is InChI=1S/C21H32N2O/c1-15(2)18-7-5-16(6-8-18)4-3-11-22-21(24)14-17-12-19-9-10-20(13-17)23-19/h5-8,15,17,19-20,23H,3-4,9-14H2,1-2H3,(H,22,24). The van der Waals surface area contributed by atoms with Gasteiger partial charge >= 0.3 is 0 Å². The minimum absolute atomic E-state index is 0.247. The van der Waals surface area contributed by atoms with E-state index in [9.17, 15) is 4.79 Å². The highest BCUT2D eigenvalue weighted by molar-refractivity contribution is 5.76. The maximum atomic E-state index is 12.1. The third kappa shape index (κ3) is 4.83. The van der Waals surface area contributed by atoms with Crippen LogP contribution in [0.5, 0.6) is 0 Å². The van der Waals surface area contributed by atoms with Gasteiger partial charge in [-0.2, -0.15) is 0 Å². The number of carbonyl (C=O) groups is 1. The van der Waals surface area contributed by atoms with Gasteiger partial charge in [0.05, 0.1) is 0 Å². The monoisotopic (exact) mass is 328 g/mol. The summed E-state index contributed by atoms with van der Waals surface area (Å²) >= 11 is 0. The van der Waals surface area contributed by atoms with Crippen molar-refractivity contribution in [1.29, 1.82) is 0 Å². The van der Waals surface area contributed by atoms with Crippen molar-refractivity contribution in [3.8, 4) is 0 Å². The van der Waals surface area contributed by atoms with Crippen molar-refractivity contribution in [3.63, 3.8) is 0 Å². The molecule has 0 aliphatic carbocycles. The van der Waals surface area contributed by atoms with Crippen molar-refractivity contribution in [2.75, 3.05) is 6.54 Å². The van der Waals surface area contributed by atoms with E-state index in [2.05, 4.69) is 48.7 Å². The molecule has 1 aromatic carbocycles. The van der Waals surface area contributed by atoms with Crippen LogP contribution < -0.4 is 10.6 Å². The minimum Gasteiger partial charge on any atom is -0.356 e. The molecule has 0 saturated carbocycles. The van der Waals surface area contributed by atoms with E-state index in [0.29, 0.717) is 23.9 Å². The van der Waals surface area contributed by atoms with Crippen molar-refractivity contribution < 1.29 is 4.79 Å². The molecule has 2 N–H and O–H groups in total. The molecule has 1 amide bonds. The van der Waals surface area contributed by atoms with Crippen molar-refractivity contribution in [1.82, 2.24) is 10.6 Å². The molecule has 2 saturated heterocycles. The first-order valence-electron chi connectivity index (χ1n) is 9.71. The summed E-state index contributed by atoms with van der Waals surface area (Å²) in [4.78, 5) is 12.1. The van der Waals surface area contributed by atoms with Crippen LogP contribution in [-0.4, -0.2) is 24.5 Å². The van der Waals surface area contributed by atoms with E-state index < -0.39 is 0 Å². The van der Waals surface area contributed by atoms with Gasteiger partial charge in [0.1, 0.15) is 0 Å². The van der Waals surface area contributed by atoms with Gasteiger partial charge in [0.25, 0.3) is 0 Å². The summed E-state index contributed by atoms with van der Waals surface area (Å²) < 4.78 is 0. The smallest absolute Gasteiger partial charge is 0.220 e. The molecule has 132 valence electrons. The molecule has 2 fully saturated rings. The molecule has 2 unspecified atom stereocenters. The van der Waals surface area contributed by atoms with Gasteiger partial charge in [-0.15, -0.1) is 0 Å². The molecule has 24 heavy (non-hydrogen) atoms. The summed E-state index contributed by atoms with van der Waals surface area (Å²) in [6.45, 7) is 5.24. The first-order chi connectivity index (χ1) is 11.6. The molecular formula is C21H32N2O. The molecule has 3 rings (SSSR count). The predicted molar refractivity (Wildman–Crippen MR) is 99.1 cm³/mol. The first kappa shape index (κ1) is 17.5. The molecule has 0 aromatic heterocycles. The van der Waals surface area contributed by atoms with Gasteiger partial charge in [0.15, 0.2) is 0 Å². The molecule has 1 aromatic rings. The Morgan fingerprint density at radius 2 is 1.83 bits per heavy atom. The molecule has 0 spiro atoms. The Balaban J connectivity index is 1.32. The third-order valence-corrected chi connectivity index (χ3v) is 5.66. The lowest BCUT2D eigenvalue weighted by Gasteiger charge is -2.28. The third-order valence-electron chi connectivity index (χ3n) is 5.66. The number of nitrogens with one attached hydrogen (secondary N) is 2. The van der Waals surface area contributed by atoms with E-state index in [0.717, 1.165) is 25.8 Å². The van der Waals surface area contributed by atoms with Crippen LogP contribution in [0.3, 0.4) is 0 Å². The molecule has 3 nitrogen and oxygen atoms in total. The number of benzene rings is 1. The van der Waals surface area contributed by atoms with Crippen molar-refractivity contribution >= 4 is 5.91 Å². The van der Waals surface area contributed by atoms with Gasteiger partial charge in [-0.1, -0.05) is 38.1 Å². The van der Waals surface area contributed by atoms with E-state index in [-0.39, 0.29) is 5.91 Å². The van der Waals surface area contributed by atoms with Gasteiger partial charge in [0.2, 0.25) is 5.91 Å². The Morgan fingerprint density at radius 3 is 2.46 bits per heavy atom. The second kappa shape index (κ2) is 8.15. The molecule has 3 heteroatoms. The number of piperidine rings is 1. The molecular weight excluding hydrogens is 296 g/mol. The Kier molecular flexibility index (Phi) is 5.94. The molecule has 2 aliphatic heterocycles. The average Bonchev–Trinajstić information content (AvgIpc) is 2.90. The number of rotatable bonds is 7. The summed E-state index contributed by atoms with van der Waals surface area (Å²) in [5.74, 6) is 1.42. The normalized spacial score (nSPS) is 25.9. The highest BCUT2D eigenvalue weighted by atomic mass is 16.1. The largest absolute Gasteiger partial charge is 0.356 e. The fourth-order valence-corrected chi connectivity index (χ4v) is 4.27. The summed E-state index contributed by atoms with van der Waals surface area (Å²) in [6, 6.07) is 10.3. The summed E-state index contributed by atoms with van der Waals surface area (Å²) in [5, 5.41) is 6.76. The van der Waals surface area contributed by atoms with Crippen LogP contribution in [0.25, 0.3) is 0 Å². The molecule has 2 atom stereocenters. The van der Waals surface area contributed by atoms with E-state index in [1.54, 1.807) is 0 Å². The first-order valence-corrected chi connectivity index (χ1v) is 9.71. The average molecular weight is 328 g/mol. The highest BCUT2D eigenvalue weighted by Crippen LogP contribution is 2.32. The fraction of sp³-hybridized carbons (Fsp3) is 0.667. The van der Waals surface area contributed by atoms with Crippen LogP contribution in [0, 0.1) is 5.92 Å². The second-order valence-electron chi connectivity index (χ2n) is 8.03. The molecule has 2 bridgehead atoms. The van der Waals surface area contributed by atoms with Gasteiger partial charge < -0.3 is 10.6 Å².